The van der Waals surface area contributed by atoms with Gasteiger partial charge in [-0.3, -0.25) is 4.79 Å². The van der Waals surface area contributed by atoms with Crippen molar-refractivity contribution in [2.75, 3.05) is 0 Å². The highest BCUT2D eigenvalue weighted by molar-refractivity contribution is 5.66. The summed E-state index contributed by atoms with van der Waals surface area (Å²) < 4.78 is 0. The van der Waals surface area contributed by atoms with Crippen LogP contribution in [0.15, 0.2) is 24.3 Å². The predicted molar refractivity (Wildman–Crippen MR) is 101 cm³/mol. The molecule has 0 fully saturated rings. The van der Waals surface area contributed by atoms with Gasteiger partial charge in [0, 0.05) is 19.3 Å². The number of aliphatic carboxylic acids is 1. The summed E-state index contributed by atoms with van der Waals surface area (Å²) >= 11 is 0. The summed E-state index contributed by atoms with van der Waals surface area (Å²) in [5, 5.41) is 8.55. The van der Waals surface area contributed by atoms with E-state index >= 15 is 0 Å². The van der Waals surface area contributed by atoms with Crippen molar-refractivity contribution in [3.05, 3.63) is 35.4 Å². The van der Waals surface area contributed by atoms with Crippen molar-refractivity contribution in [2.45, 2.75) is 84.0 Å². The molecule has 0 bridgehead atoms. The van der Waals surface area contributed by atoms with Gasteiger partial charge in [-0.15, -0.1) is 5.92 Å². The average Bonchev–Trinajstić information content (AvgIpc) is 2.58. The minimum Gasteiger partial charge on any atom is -0.481 e. The third-order valence-electron chi connectivity index (χ3n) is 4.20. The lowest BCUT2D eigenvalue weighted by molar-refractivity contribution is -0.137. The summed E-state index contributed by atoms with van der Waals surface area (Å²) in [7, 11) is 0. The molecule has 0 unspecified atom stereocenters. The molecule has 0 saturated heterocycles. The number of aryl methyl sites for hydroxylation is 1. The molecule has 1 rings (SSSR count). The van der Waals surface area contributed by atoms with Gasteiger partial charge in [0.25, 0.3) is 0 Å². The Labute approximate surface area is 147 Å². The molecule has 0 aromatic heterocycles. The van der Waals surface area contributed by atoms with E-state index < -0.39 is 5.97 Å². The quantitative estimate of drug-likeness (QED) is 0.390. The Morgan fingerprint density at radius 3 is 2.17 bits per heavy atom. The van der Waals surface area contributed by atoms with Crippen molar-refractivity contribution in [3.63, 3.8) is 0 Å². The van der Waals surface area contributed by atoms with E-state index in [-0.39, 0.29) is 6.42 Å². The first-order chi connectivity index (χ1) is 11.7. The van der Waals surface area contributed by atoms with Gasteiger partial charge >= 0.3 is 5.97 Å². The molecule has 132 valence electrons. The van der Waals surface area contributed by atoms with Crippen molar-refractivity contribution in [2.24, 2.45) is 0 Å². The van der Waals surface area contributed by atoms with E-state index in [0.29, 0.717) is 12.8 Å². The fourth-order valence-electron chi connectivity index (χ4n) is 2.69. The first kappa shape index (κ1) is 20.3. The van der Waals surface area contributed by atoms with Gasteiger partial charge in [0.2, 0.25) is 0 Å². The van der Waals surface area contributed by atoms with E-state index in [2.05, 4.69) is 43.0 Å². The zero-order valence-electron chi connectivity index (χ0n) is 15.2. The average molecular weight is 328 g/mol. The van der Waals surface area contributed by atoms with Gasteiger partial charge in [-0.2, -0.15) is 0 Å². The van der Waals surface area contributed by atoms with Gasteiger partial charge in [-0.25, -0.2) is 0 Å². The van der Waals surface area contributed by atoms with E-state index in [1.165, 1.54) is 62.5 Å². The highest BCUT2D eigenvalue weighted by atomic mass is 16.4. The molecule has 0 heterocycles. The summed E-state index contributed by atoms with van der Waals surface area (Å²) in [6.07, 6.45) is 12.9. The van der Waals surface area contributed by atoms with E-state index in [9.17, 15) is 4.79 Å². The maximum atomic E-state index is 10.4. The van der Waals surface area contributed by atoms with Gasteiger partial charge in [0.15, 0.2) is 0 Å². The van der Waals surface area contributed by atoms with Crippen LogP contribution < -0.4 is 0 Å². The fraction of sp³-hybridized carbons (Fsp3) is 0.591. The van der Waals surface area contributed by atoms with Gasteiger partial charge in [0.05, 0.1) is 0 Å². The van der Waals surface area contributed by atoms with Gasteiger partial charge < -0.3 is 5.11 Å². The molecule has 2 heteroatoms. The Morgan fingerprint density at radius 2 is 1.50 bits per heavy atom. The lowest BCUT2D eigenvalue weighted by atomic mass is 10.0. The predicted octanol–water partition coefficient (Wildman–Crippen LogP) is 5.78. The van der Waals surface area contributed by atoms with Crippen LogP contribution in [0.3, 0.4) is 0 Å². The number of rotatable bonds is 12. The van der Waals surface area contributed by atoms with Crippen molar-refractivity contribution in [3.8, 4) is 11.8 Å². The first-order valence-electron chi connectivity index (χ1n) is 9.47. The molecule has 0 aliphatic rings. The normalized spacial score (nSPS) is 10.2. The molecule has 0 aliphatic heterocycles. The molecule has 24 heavy (non-hydrogen) atoms. The topological polar surface area (TPSA) is 37.3 Å². The molecule has 0 spiro atoms. The summed E-state index contributed by atoms with van der Waals surface area (Å²) in [6.45, 7) is 2.26. The zero-order chi connectivity index (χ0) is 17.5. The van der Waals surface area contributed by atoms with E-state index in [1.54, 1.807) is 0 Å². The Morgan fingerprint density at radius 1 is 0.875 bits per heavy atom. The molecule has 0 amide bonds. The standard InChI is InChI=1S/C22H32O2/c1-2-3-4-5-6-7-10-13-20-16-18-21(19-17-20)14-11-8-9-12-15-22(23)24/h16-19H,2-7,9-10,12-15H2,1H3,(H,23,24). The van der Waals surface area contributed by atoms with Crippen LogP contribution in [0.25, 0.3) is 0 Å². The van der Waals surface area contributed by atoms with E-state index in [4.69, 9.17) is 5.11 Å². The van der Waals surface area contributed by atoms with Gasteiger partial charge in [-0.05, 0) is 30.4 Å². The number of carboxylic acids is 1. The number of hydrogen-bond acceptors (Lipinski definition) is 1. The number of carbonyl (C=O) groups is 1. The third-order valence-corrected chi connectivity index (χ3v) is 4.20. The maximum absolute atomic E-state index is 10.4. The Bertz CT molecular complexity index is 505. The van der Waals surface area contributed by atoms with Crippen LogP contribution in [0, 0.1) is 11.8 Å². The number of carboxylic acid groups (broad SMARTS) is 1. The highest BCUT2D eigenvalue weighted by Gasteiger charge is 1.96. The lowest BCUT2D eigenvalue weighted by Gasteiger charge is -2.03. The van der Waals surface area contributed by atoms with E-state index in [1.807, 2.05) is 0 Å². The maximum Gasteiger partial charge on any atom is 0.303 e. The van der Waals surface area contributed by atoms with Crippen LogP contribution in [0.2, 0.25) is 0 Å². The van der Waals surface area contributed by atoms with Crippen LogP contribution in [-0.2, 0) is 17.6 Å². The monoisotopic (exact) mass is 328 g/mol. The minimum absolute atomic E-state index is 0.210. The molecule has 0 aliphatic carbocycles. The SMILES string of the molecule is CCCCCCCCCc1ccc(CC#CCCCC(=O)O)cc1. The summed E-state index contributed by atoms with van der Waals surface area (Å²) in [5.41, 5.74) is 2.66. The van der Waals surface area contributed by atoms with Crippen LogP contribution in [-0.4, -0.2) is 11.1 Å². The number of benzene rings is 1. The van der Waals surface area contributed by atoms with E-state index in [0.717, 1.165) is 6.42 Å². The minimum atomic E-state index is -0.742. The third kappa shape index (κ3) is 10.9. The Hall–Kier alpha value is -1.75. The largest absolute Gasteiger partial charge is 0.481 e. The highest BCUT2D eigenvalue weighted by Crippen LogP contribution is 2.12. The second-order valence-electron chi connectivity index (χ2n) is 6.47. The molecular formula is C22H32O2. The molecule has 1 aromatic rings. The fourth-order valence-corrected chi connectivity index (χ4v) is 2.69. The zero-order valence-corrected chi connectivity index (χ0v) is 15.2. The molecule has 2 nitrogen and oxygen atoms in total. The molecule has 0 atom stereocenters. The molecule has 1 N–H and O–H groups in total. The molecule has 0 saturated carbocycles. The molecular weight excluding hydrogens is 296 g/mol. The first-order valence-corrected chi connectivity index (χ1v) is 9.47. The lowest BCUT2D eigenvalue weighted by Crippen LogP contribution is -1.92. The number of hydrogen-bond donors (Lipinski definition) is 1. The van der Waals surface area contributed by atoms with Crippen LogP contribution in [0.5, 0.6) is 0 Å². The van der Waals surface area contributed by atoms with Crippen LogP contribution in [0.1, 0.15) is 82.3 Å². The molecule has 1 aromatic carbocycles. The van der Waals surface area contributed by atoms with Gasteiger partial charge in [-0.1, -0.05) is 75.6 Å². The van der Waals surface area contributed by atoms with Crippen molar-refractivity contribution in [1.82, 2.24) is 0 Å². The second kappa shape index (κ2) is 13.7. The summed E-state index contributed by atoms with van der Waals surface area (Å²) in [4.78, 5) is 10.4. The van der Waals surface area contributed by atoms with Crippen molar-refractivity contribution in [1.29, 1.82) is 0 Å². The van der Waals surface area contributed by atoms with Crippen molar-refractivity contribution < 1.29 is 9.90 Å². The number of unbranched alkanes of at least 4 members (excludes halogenated alkanes) is 7. The van der Waals surface area contributed by atoms with Crippen LogP contribution >= 0.6 is 0 Å². The molecule has 0 radical (unpaired) electrons. The Balaban J connectivity index is 2.14. The second-order valence-corrected chi connectivity index (χ2v) is 6.47. The van der Waals surface area contributed by atoms with Crippen molar-refractivity contribution >= 4 is 5.97 Å². The Kier molecular flexibility index (Phi) is 11.6. The smallest absolute Gasteiger partial charge is 0.303 e. The summed E-state index contributed by atoms with van der Waals surface area (Å²) in [6, 6.07) is 8.78. The van der Waals surface area contributed by atoms with Gasteiger partial charge in [0.1, 0.15) is 0 Å². The summed E-state index contributed by atoms with van der Waals surface area (Å²) in [5.74, 6) is 5.44. The van der Waals surface area contributed by atoms with Crippen LogP contribution in [0.4, 0.5) is 0 Å².